The normalized spacial score (nSPS) is 23.0. The standard InChI is InChI=1S/C25H27N3O7/c1-25(15-6-8-20-21(11-15)35-14-34-20)23(30)28(24(31)26-25)13-22(29)27-10-4-5-18(27)17-12-16(32-2)7-9-19(17)33-3/h6-9,11-12,18H,4-5,10,13-14H2,1-3H3,(H,26,31)/t18-,25-/m0/s1. The smallest absolute Gasteiger partial charge is 0.325 e. The number of benzene rings is 2. The zero-order valence-electron chi connectivity index (χ0n) is 19.8. The second-order valence-corrected chi connectivity index (χ2v) is 8.87. The van der Waals surface area contributed by atoms with Crippen LogP contribution in [-0.2, 0) is 15.1 Å². The molecule has 35 heavy (non-hydrogen) atoms. The van der Waals surface area contributed by atoms with Crippen molar-refractivity contribution in [2.45, 2.75) is 31.3 Å². The van der Waals surface area contributed by atoms with Gasteiger partial charge in [0.25, 0.3) is 5.91 Å². The number of fused-ring (bicyclic) bond motifs is 1. The zero-order valence-corrected chi connectivity index (χ0v) is 19.8. The van der Waals surface area contributed by atoms with E-state index in [0.29, 0.717) is 35.1 Å². The number of rotatable bonds is 6. The van der Waals surface area contributed by atoms with Crippen LogP contribution in [0.25, 0.3) is 0 Å². The number of carbonyl (C=O) groups excluding carboxylic acids is 3. The summed E-state index contributed by atoms with van der Waals surface area (Å²) in [6.45, 7) is 1.89. The first-order valence-electron chi connectivity index (χ1n) is 11.4. The van der Waals surface area contributed by atoms with E-state index < -0.39 is 17.5 Å². The summed E-state index contributed by atoms with van der Waals surface area (Å²) in [5.41, 5.74) is 0.0639. The molecule has 0 radical (unpaired) electrons. The van der Waals surface area contributed by atoms with Gasteiger partial charge in [-0.3, -0.25) is 14.5 Å². The third-order valence-electron chi connectivity index (χ3n) is 6.89. The Kier molecular flexibility index (Phi) is 5.66. The van der Waals surface area contributed by atoms with Crippen LogP contribution in [-0.4, -0.2) is 61.7 Å². The van der Waals surface area contributed by atoms with Gasteiger partial charge >= 0.3 is 6.03 Å². The Balaban J connectivity index is 1.36. The fourth-order valence-corrected chi connectivity index (χ4v) is 4.96. The van der Waals surface area contributed by atoms with Crippen LogP contribution < -0.4 is 24.3 Å². The van der Waals surface area contributed by atoms with Gasteiger partial charge in [0.15, 0.2) is 11.5 Å². The molecule has 2 atom stereocenters. The number of hydrogen-bond donors (Lipinski definition) is 1. The lowest BCUT2D eigenvalue weighted by molar-refractivity contribution is -0.139. The number of nitrogens with zero attached hydrogens (tertiary/aromatic N) is 2. The number of methoxy groups -OCH3 is 2. The van der Waals surface area contributed by atoms with Gasteiger partial charge in [-0.25, -0.2) is 4.79 Å². The molecule has 184 valence electrons. The molecule has 2 fully saturated rings. The molecule has 10 heteroatoms. The van der Waals surface area contributed by atoms with Crippen molar-refractivity contribution < 1.29 is 33.3 Å². The summed E-state index contributed by atoms with van der Waals surface area (Å²) in [5.74, 6) is 1.59. The average Bonchev–Trinajstić information content (AvgIpc) is 3.59. The van der Waals surface area contributed by atoms with E-state index in [1.807, 2.05) is 12.1 Å². The number of nitrogens with one attached hydrogen (secondary N) is 1. The predicted molar refractivity (Wildman–Crippen MR) is 123 cm³/mol. The molecule has 5 rings (SSSR count). The van der Waals surface area contributed by atoms with Gasteiger partial charge in [-0.15, -0.1) is 0 Å². The number of imide groups is 1. The van der Waals surface area contributed by atoms with Crippen LogP contribution in [0.3, 0.4) is 0 Å². The molecule has 3 aliphatic rings. The van der Waals surface area contributed by atoms with E-state index in [1.54, 1.807) is 50.3 Å². The molecule has 0 saturated carbocycles. The highest BCUT2D eigenvalue weighted by atomic mass is 16.7. The predicted octanol–water partition coefficient (Wildman–Crippen LogP) is 2.56. The van der Waals surface area contributed by atoms with Gasteiger partial charge in [-0.05, 0) is 55.7 Å². The van der Waals surface area contributed by atoms with Gasteiger partial charge in [-0.1, -0.05) is 6.07 Å². The summed E-state index contributed by atoms with van der Waals surface area (Å²) in [6.07, 6.45) is 1.54. The highest BCUT2D eigenvalue weighted by Crippen LogP contribution is 2.40. The molecule has 0 aromatic heterocycles. The largest absolute Gasteiger partial charge is 0.497 e. The lowest BCUT2D eigenvalue weighted by atomic mass is 9.91. The van der Waals surface area contributed by atoms with Crippen molar-refractivity contribution in [2.24, 2.45) is 0 Å². The second-order valence-electron chi connectivity index (χ2n) is 8.87. The van der Waals surface area contributed by atoms with Gasteiger partial charge in [0.05, 0.1) is 20.3 Å². The molecular weight excluding hydrogens is 454 g/mol. The first-order valence-corrected chi connectivity index (χ1v) is 11.4. The number of urea groups is 1. The molecule has 3 heterocycles. The molecule has 0 unspecified atom stereocenters. The molecular formula is C25H27N3O7. The fraction of sp³-hybridized carbons (Fsp3) is 0.400. The van der Waals surface area contributed by atoms with E-state index in [-0.39, 0.29) is 25.3 Å². The minimum atomic E-state index is -1.32. The van der Waals surface area contributed by atoms with Gasteiger partial charge in [-0.2, -0.15) is 0 Å². The van der Waals surface area contributed by atoms with E-state index in [2.05, 4.69) is 5.32 Å². The van der Waals surface area contributed by atoms with Gasteiger partial charge in [0.1, 0.15) is 23.6 Å². The minimum absolute atomic E-state index is 0.103. The Morgan fingerprint density at radius 1 is 1.11 bits per heavy atom. The second kappa shape index (κ2) is 8.68. The van der Waals surface area contributed by atoms with Crippen LogP contribution in [0.1, 0.15) is 36.9 Å². The van der Waals surface area contributed by atoms with Crippen LogP contribution in [0.2, 0.25) is 0 Å². The topological polar surface area (TPSA) is 107 Å². The van der Waals surface area contributed by atoms with Crippen molar-refractivity contribution in [1.82, 2.24) is 15.1 Å². The van der Waals surface area contributed by atoms with Gasteiger partial charge in [0, 0.05) is 12.1 Å². The van der Waals surface area contributed by atoms with E-state index in [4.69, 9.17) is 18.9 Å². The molecule has 0 aliphatic carbocycles. The molecule has 4 amide bonds. The quantitative estimate of drug-likeness (QED) is 0.632. The van der Waals surface area contributed by atoms with Crippen molar-refractivity contribution in [3.05, 3.63) is 47.5 Å². The highest BCUT2D eigenvalue weighted by molar-refractivity contribution is 6.09. The lowest BCUT2D eigenvalue weighted by Crippen LogP contribution is -2.44. The molecule has 10 nitrogen and oxygen atoms in total. The molecule has 3 aliphatic heterocycles. The average molecular weight is 482 g/mol. The third-order valence-corrected chi connectivity index (χ3v) is 6.89. The molecule has 2 aromatic rings. The molecule has 0 spiro atoms. The zero-order chi connectivity index (χ0) is 24.7. The van der Waals surface area contributed by atoms with E-state index in [1.165, 1.54) is 0 Å². The number of amides is 4. The van der Waals surface area contributed by atoms with Crippen molar-refractivity contribution in [3.63, 3.8) is 0 Å². The van der Waals surface area contributed by atoms with Crippen molar-refractivity contribution in [3.8, 4) is 23.0 Å². The summed E-state index contributed by atoms with van der Waals surface area (Å²) >= 11 is 0. The molecule has 2 aromatic carbocycles. The first-order chi connectivity index (χ1) is 16.9. The number of carbonyl (C=O) groups is 3. The summed E-state index contributed by atoms with van der Waals surface area (Å²) < 4.78 is 21.6. The number of ether oxygens (including phenoxy) is 4. The Bertz CT molecular complexity index is 1200. The van der Waals surface area contributed by atoms with Crippen LogP contribution >= 0.6 is 0 Å². The molecule has 1 N–H and O–H groups in total. The highest BCUT2D eigenvalue weighted by Gasteiger charge is 2.50. The van der Waals surface area contributed by atoms with E-state index >= 15 is 0 Å². The van der Waals surface area contributed by atoms with Gasteiger partial charge in [0.2, 0.25) is 12.7 Å². The molecule has 0 bridgehead atoms. The summed E-state index contributed by atoms with van der Waals surface area (Å²) in [4.78, 5) is 42.3. The van der Waals surface area contributed by atoms with Crippen LogP contribution in [0.5, 0.6) is 23.0 Å². The van der Waals surface area contributed by atoms with Crippen molar-refractivity contribution in [1.29, 1.82) is 0 Å². The van der Waals surface area contributed by atoms with Crippen LogP contribution in [0.15, 0.2) is 36.4 Å². The Hall–Kier alpha value is -3.95. The molecule has 2 saturated heterocycles. The SMILES string of the molecule is COc1ccc(OC)c([C@@H]2CCCN2C(=O)CN2C(=O)N[C@@](C)(c3ccc4c(c3)OCO4)C2=O)c1. The fourth-order valence-electron chi connectivity index (χ4n) is 4.96. The van der Waals surface area contributed by atoms with Crippen molar-refractivity contribution >= 4 is 17.8 Å². The number of likely N-dealkylation sites (tertiary alicyclic amines) is 1. The Labute approximate surface area is 202 Å². The van der Waals surface area contributed by atoms with Crippen LogP contribution in [0.4, 0.5) is 4.79 Å². The first kappa shape index (κ1) is 22.8. The lowest BCUT2D eigenvalue weighted by Gasteiger charge is -2.28. The van der Waals surface area contributed by atoms with Gasteiger partial charge < -0.3 is 29.2 Å². The summed E-state index contributed by atoms with van der Waals surface area (Å²) in [5, 5.41) is 2.74. The minimum Gasteiger partial charge on any atom is -0.497 e. The van der Waals surface area contributed by atoms with E-state index in [0.717, 1.165) is 23.3 Å². The maximum absolute atomic E-state index is 13.4. The Morgan fingerprint density at radius 2 is 1.91 bits per heavy atom. The Morgan fingerprint density at radius 3 is 2.69 bits per heavy atom. The summed E-state index contributed by atoms with van der Waals surface area (Å²) in [7, 11) is 3.16. The third kappa shape index (κ3) is 3.78. The maximum atomic E-state index is 13.4. The maximum Gasteiger partial charge on any atom is 0.325 e. The summed E-state index contributed by atoms with van der Waals surface area (Å²) in [6, 6.07) is 9.70. The van der Waals surface area contributed by atoms with Crippen LogP contribution in [0, 0.1) is 0 Å². The monoisotopic (exact) mass is 481 g/mol. The van der Waals surface area contributed by atoms with E-state index in [9.17, 15) is 14.4 Å². The number of hydrogen-bond acceptors (Lipinski definition) is 7. The van der Waals surface area contributed by atoms with Crippen molar-refractivity contribution in [2.75, 3.05) is 34.1 Å².